The van der Waals surface area contributed by atoms with E-state index in [0.29, 0.717) is 23.2 Å². The molecule has 0 saturated heterocycles. The zero-order valence-electron chi connectivity index (χ0n) is 16.4. The molecule has 4 rings (SSSR count). The van der Waals surface area contributed by atoms with Gasteiger partial charge in [0.1, 0.15) is 22.0 Å². The number of hydrogen-bond donors (Lipinski definition) is 1. The number of benzene rings is 2. The molecule has 0 bridgehead atoms. The SMILES string of the molecule is Cc1nc(-c2ccc(OCC(C)C)c(-n3cnc4ccccc43)c2)sc1C(=O)O. The molecular weight excluding hydrogens is 386 g/mol. The zero-order valence-corrected chi connectivity index (χ0v) is 17.2. The van der Waals surface area contributed by atoms with Gasteiger partial charge in [0, 0.05) is 5.56 Å². The summed E-state index contributed by atoms with van der Waals surface area (Å²) in [6, 6.07) is 13.7. The van der Waals surface area contributed by atoms with Crippen molar-refractivity contribution in [1.82, 2.24) is 14.5 Å². The molecule has 6 nitrogen and oxygen atoms in total. The predicted molar refractivity (Wildman–Crippen MR) is 114 cm³/mol. The molecule has 0 spiro atoms. The zero-order chi connectivity index (χ0) is 20.5. The third kappa shape index (κ3) is 3.73. The Morgan fingerprint density at radius 3 is 2.76 bits per heavy atom. The number of ether oxygens (including phenoxy) is 1. The summed E-state index contributed by atoms with van der Waals surface area (Å²) in [6.07, 6.45) is 1.78. The van der Waals surface area contributed by atoms with Gasteiger partial charge >= 0.3 is 5.97 Å². The van der Waals surface area contributed by atoms with Gasteiger partial charge in [0.25, 0.3) is 0 Å². The Bertz CT molecular complexity index is 1190. The summed E-state index contributed by atoms with van der Waals surface area (Å²) in [5.41, 5.74) is 4.08. The predicted octanol–water partition coefficient (Wildman–Crippen LogP) is 5.19. The second kappa shape index (κ2) is 7.67. The van der Waals surface area contributed by atoms with E-state index in [1.165, 1.54) is 11.3 Å². The summed E-state index contributed by atoms with van der Waals surface area (Å²) < 4.78 is 8.06. The van der Waals surface area contributed by atoms with Gasteiger partial charge in [0.05, 0.1) is 29.0 Å². The van der Waals surface area contributed by atoms with E-state index in [2.05, 4.69) is 23.8 Å². The van der Waals surface area contributed by atoms with E-state index in [4.69, 9.17) is 4.74 Å². The van der Waals surface area contributed by atoms with Crippen LogP contribution in [0, 0.1) is 12.8 Å². The number of rotatable bonds is 6. The number of hydrogen-bond acceptors (Lipinski definition) is 5. The lowest BCUT2D eigenvalue weighted by Crippen LogP contribution is -2.07. The minimum absolute atomic E-state index is 0.259. The summed E-state index contributed by atoms with van der Waals surface area (Å²) >= 11 is 1.18. The molecule has 0 saturated carbocycles. The summed E-state index contributed by atoms with van der Waals surface area (Å²) in [5.74, 6) is 0.183. The average molecular weight is 407 g/mol. The lowest BCUT2D eigenvalue weighted by Gasteiger charge is -2.15. The molecule has 2 aromatic heterocycles. The van der Waals surface area contributed by atoms with Crippen molar-refractivity contribution in [1.29, 1.82) is 0 Å². The number of carboxylic acids is 1. The summed E-state index contributed by atoms with van der Waals surface area (Å²) in [6.45, 7) is 6.52. The molecule has 1 N–H and O–H groups in total. The van der Waals surface area contributed by atoms with Crippen LogP contribution in [-0.2, 0) is 0 Å². The maximum absolute atomic E-state index is 11.4. The van der Waals surface area contributed by atoms with Crippen LogP contribution < -0.4 is 4.74 Å². The maximum Gasteiger partial charge on any atom is 0.347 e. The topological polar surface area (TPSA) is 77.2 Å². The molecule has 0 unspecified atom stereocenters. The molecule has 0 aliphatic carbocycles. The normalized spacial score (nSPS) is 11.3. The Balaban J connectivity index is 1.85. The smallest absolute Gasteiger partial charge is 0.347 e. The number of imidazole rings is 1. The largest absolute Gasteiger partial charge is 0.491 e. The van der Waals surface area contributed by atoms with E-state index in [0.717, 1.165) is 28.0 Å². The highest BCUT2D eigenvalue weighted by Crippen LogP contribution is 2.34. The van der Waals surface area contributed by atoms with Crippen LogP contribution in [0.1, 0.15) is 29.2 Å². The van der Waals surface area contributed by atoms with E-state index in [-0.39, 0.29) is 4.88 Å². The summed E-state index contributed by atoms with van der Waals surface area (Å²) in [7, 11) is 0. The number of aromatic nitrogens is 3. The highest BCUT2D eigenvalue weighted by atomic mass is 32.1. The highest BCUT2D eigenvalue weighted by Gasteiger charge is 2.18. The fraction of sp³-hybridized carbons (Fsp3) is 0.227. The van der Waals surface area contributed by atoms with E-state index >= 15 is 0 Å². The third-order valence-corrected chi connectivity index (χ3v) is 5.68. The Morgan fingerprint density at radius 1 is 1.24 bits per heavy atom. The van der Waals surface area contributed by atoms with E-state index < -0.39 is 5.97 Å². The number of thiazole rings is 1. The fourth-order valence-electron chi connectivity index (χ4n) is 3.09. The minimum Gasteiger partial charge on any atom is -0.491 e. The Hall–Kier alpha value is -3.19. The van der Waals surface area contributed by atoms with Gasteiger partial charge in [-0.25, -0.2) is 14.8 Å². The number of aromatic carboxylic acids is 1. The van der Waals surface area contributed by atoms with Crippen LogP contribution in [0.3, 0.4) is 0 Å². The van der Waals surface area contributed by atoms with Crippen LogP contribution in [0.2, 0.25) is 0 Å². The Kier molecular flexibility index (Phi) is 5.07. The molecule has 0 radical (unpaired) electrons. The number of carbonyl (C=O) groups is 1. The van der Waals surface area contributed by atoms with E-state index in [9.17, 15) is 9.90 Å². The Labute approximate surface area is 172 Å². The van der Waals surface area contributed by atoms with Crippen LogP contribution in [0.25, 0.3) is 27.3 Å². The second-order valence-electron chi connectivity index (χ2n) is 7.23. The van der Waals surface area contributed by atoms with Crippen LogP contribution in [0.5, 0.6) is 5.75 Å². The molecule has 0 fully saturated rings. The number of aryl methyl sites for hydroxylation is 1. The quantitative estimate of drug-likeness (QED) is 0.476. The molecule has 4 aromatic rings. The van der Waals surface area contributed by atoms with Gasteiger partial charge in [-0.05, 0) is 43.2 Å². The number of para-hydroxylation sites is 2. The van der Waals surface area contributed by atoms with Crippen molar-refractivity contribution in [3.8, 4) is 22.0 Å². The van der Waals surface area contributed by atoms with Gasteiger partial charge in [-0.15, -0.1) is 11.3 Å². The number of nitrogens with zero attached hydrogens (tertiary/aromatic N) is 3. The molecular formula is C22H21N3O3S. The van der Waals surface area contributed by atoms with Crippen LogP contribution in [-0.4, -0.2) is 32.2 Å². The molecule has 148 valence electrons. The standard InChI is InChI=1S/C22H21N3O3S/c1-13(2)11-28-19-9-8-15(21-24-14(3)20(29-21)22(26)27)10-18(19)25-12-23-16-6-4-5-7-17(16)25/h4-10,12-13H,11H2,1-3H3,(H,26,27). The molecule has 2 aromatic carbocycles. The number of carboxylic acid groups (broad SMARTS) is 1. The lowest BCUT2D eigenvalue weighted by atomic mass is 10.1. The lowest BCUT2D eigenvalue weighted by molar-refractivity contribution is 0.0701. The van der Waals surface area contributed by atoms with Crippen molar-refractivity contribution in [3.05, 3.63) is 59.4 Å². The van der Waals surface area contributed by atoms with Gasteiger partial charge in [0.2, 0.25) is 0 Å². The Morgan fingerprint density at radius 2 is 2.03 bits per heavy atom. The highest BCUT2D eigenvalue weighted by molar-refractivity contribution is 7.17. The molecule has 0 amide bonds. The van der Waals surface area contributed by atoms with Gasteiger partial charge < -0.3 is 9.84 Å². The van der Waals surface area contributed by atoms with E-state index in [1.807, 2.05) is 47.0 Å². The third-order valence-electron chi connectivity index (χ3n) is 4.48. The van der Waals surface area contributed by atoms with Crippen LogP contribution in [0.4, 0.5) is 0 Å². The first-order chi connectivity index (χ1) is 13.9. The van der Waals surface area contributed by atoms with Crippen molar-refractivity contribution in [2.45, 2.75) is 20.8 Å². The second-order valence-corrected chi connectivity index (χ2v) is 8.23. The van der Waals surface area contributed by atoms with Crippen molar-refractivity contribution in [2.24, 2.45) is 5.92 Å². The maximum atomic E-state index is 11.4. The van der Waals surface area contributed by atoms with Gasteiger partial charge in [-0.1, -0.05) is 26.0 Å². The van der Waals surface area contributed by atoms with Crippen LogP contribution >= 0.6 is 11.3 Å². The average Bonchev–Trinajstić information content (AvgIpc) is 3.30. The summed E-state index contributed by atoms with van der Waals surface area (Å²) in [4.78, 5) is 20.6. The molecule has 0 atom stereocenters. The van der Waals surface area contributed by atoms with Crippen molar-refractivity contribution >= 4 is 28.3 Å². The van der Waals surface area contributed by atoms with Crippen molar-refractivity contribution < 1.29 is 14.6 Å². The monoisotopic (exact) mass is 407 g/mol. The fourth-order valence-corrected chi connectivity index (χ4v) is 3.99. The minimum atomic E-state index is -0.955. The van der Waals surface area contributed by atoms with Crippen molar-refractivity contribution in [3.63, 3.8) is 0 Å². The number of fused-ring (bicyclic) bond motifs is 1. The van der Waals surface area contributed by atoms with Gasteiger partial charge in [-0.3, -0.25) is 4.57 Å². The van der Waals surface area contributed by atoms with Gasteiger partial charge in [-0.2, -0.15) is 0 Å². The first-order valence-corrected chi connectivity index (χ1v) is 10.2. The van der Waals surface area contributed by atoms with E-state index in [1.54, 1.807) is 13.3 Å². The summed E-state index contributed by atoms with van der Waals surface area (Å²) in [5, 5.41) is 10.0. The molecule has 7 heteroatoms. The molecule has 29 heavy (non-hydrogen) atoms. The molecule has 0 aliphatic heterocycles. The molecule has 0 aliphatic rings. The molecule has 2 heterocycles. The van der Waals surface area contributed by atoms with Crippen molar-refractivity contribution in [2.75, 3.05) is 6.61 Å². The van der Waals surface area contributed by atoms with Gasteiger partial charge in [0.15, 0.2) is 0 Å². The first-order valence-electron chi connectivity index (χ1n) is 9.34. The van der Waals surface area contributed by atoms with Crippen LogP contribution in [0.15, 0.2) is 48.8 Å². The first kappa shape index (κ1) is 19.1.